The number of ether oxygens (including phenoxy) is 7. The van der Waals surface area contributed by atoms with Gasteiger partial charge in [0, 0.05) is 53.7 Å². The number of carbonyl (C=O) groups excluding carboxylic acids is 6. The van der Waals surface area contributed by atoms with Crippen molar-refractivity contribution in [2.24, 2.45) is 0 Å². The lowest BCUT2D eigenvalue weighted by molar-refractivity contribution is -0.385. The van der Waals surface area contributed by atoms with Crippen LogP contribution < -0.4 is 10.1 Å². The Morgan fingerprint density at radius 3 is 1.93 bits per heavy atom. The number of carbonyl (C=O) groups is 6. The fourth-order valence-corrected chi connectivity index (χ4v) is 4.56. The molecule has 1 saturated heterocycles. The minimum Gasteiger partial charge on any atom is -0.462 e. The zero-order valence-electron chi connectivity index (χ0n) is 25.2. The maximum absolute atomic E-state index is 12.4. The highest BCUT2D eigenvalue weighted by molar-refractivity contribution is 5.74. The molecule has 1 fully saturated rings. The lowest BCUT2D eigenvalue weighted by Crippen LogP contribution is -2.75. The average molecular weight is 643 g/mol. The topological polar surface area (TPSA) is 242 Å². The van der Waals surface area contributed by atoms with E-state index in [-0.39, 0.29) is 11.4 Å². The second-order valence-electron chi connectivity index (χ2n) is 9.76. The Balaban J connectivity index is 2.87. The summed E-state index contributed by atoms with van der Waals surface area (Å²) in [6, 6.07) is 2.80. The van der Waals surface area contributed by atoms with E-state index in [1.54, 1.807) is 0 Å². The summed E-state index contributed by atoms with van der Waals surface area (Å²) in [5.41, 5.74) is -0.326. The summed E-state index contributed by atoms with van der Waals surface area (Å²) in [4.78, 5) is 83.6. The molecule has 248 valence electrons. The molecule has 1 heterocycles. The normalized spacial score (nSPS) is 23.7. The standard InChI is InChI=1S/C27H34N2O16/c1-13(31)28-22-24(23(41-16(4)34)21(40-15(3)33)11-39-14(2)32)45-27(12-30,26(43-18(6)36)25(22)42-17(5)35)44-20-9-7-19(8-10-20)29(37)38/h7-10,21-26,30H,11-12H2,1-6H3,(H,28,31)/t21-,22+,23-,24-,25-,26-,27+/m1/s1. The summed E-state index contributed by atoms with van der Waals surface area (Å²) >= 11 is 0. The summed E-state index contributed by atoms with van der Waals surface area (Å²) < 4.78 is 38.8. The molecule has 18 heteroatoms. The molecule has 1 aromatic carbocycles. The number of amides is 1. The van der Waals surface area contributed by atoms with Crippen LogP contribution in [0.5, 0.6) is 5.75 Å². The number of nitro groups is 1. The van der Waals surface area contributed by atoms with Gasteiger partial charge >= 0.3 is 29.8 Å². The van der Waals surface area contributed by atoms with Gasteiger partial charge in [-0.15, -0.1) is 0 Å². The lowest BCUT2D eigenvalue weighted by Gasteiger charge is -2.52. The molecular weight excluding hydrogens is 608 g/mol. The van der Waals surface area contributed by atoms with Crippen LogP contribution in [0.3, 0.4) is 0 Å². The predicted octanol–water partition coefficient (Wildman–Crippen LogP) is -0.144. The van der Waals surface area contributed by atoms with Crippen LogP contribution in [0.15, 0.2) is 24.3 Å². The predicted molar refractivity (Wildman–Crippen MR) is 145 cm³/mol. The van der Waals surface area contributed by atoms with E-state index in [9.17, 15) is 44.0 Å². The van der Waals surface area contributed by atoms with Crippen LogP contribution >= 0.6 is 0 Å². The molecule has 18 nitrogen and oxygen atoms in total. The van der Waals surface area contributed by atoms with Crippen molar-refractivity contribution in [3.63, 3.8) is 0 Å². The van der Waals surface area contributed by atoms with Gasteiger partial charge < -0.3 is 43.6 Å². The molecular formula is C27H34N2O16. The van der Waals surface area contributed by atoms with E-state index in [1.807, 2.05) is 0 Å². The summed E-state index contributed by atoms with van der Waals surface area (Å²) in [6.07, 6.45) is -8.75. The SMILES string of the molecule is CC(=O)N[C@H]1[C@H]([C@H](OC(C)=O)[C@@H](COC(C)=O)OC(C)=O)O[C@](CO)(Oc2ccc([N+](=O)[O-])cc2)[C@H](OC(C)=O)[C@@H]1OC(C)=O. The molecule has 0 spiro atoms. The number of hydrogen-bond donors (Lipinski definition) is 2. The van der Waals surface area contributed by atoms with Crippen LogP contribution in [0.4, 0.5) is 5.69 Å². The summed E-state index contributed by atoms with van der Waals surface area (Å²) in [6.45, 7) is 4.23. The van der Waals surface area contributed by atoms with Gasteiger partial charge in [0.2, 0.25) is 12.0 Å². The lowest BCUT2D eigenvalue weighted by atomic mass is 9.86. The molecule has 0 radical (unpaired) electrons. The van der Waals surface area contributed by atoms with Crippen molar-refractivity contribution in [1.29, 1.82) is 0 Å². The summed E-state index contributed by atoms with van der Waals surface area (Å²) in [5.74, 6) is -8.09. The molecule has 2 rings (SSSR count). The molecule has 1 aliphatic heterocycles. The molecule has 1 aliphatic rings. The number of nitro benzene ring substituents is 1. The van der Waals surface area contributed by atoms with E-state index in [0.717, 1.165) is 65.8 Å². The highest BCUT2D eigenvalue weighted by atomic mass is 16.8. The summed E-state index contributed by atoms with van der Waals surface area (Å²) in [5, 5.41) is 24.4. The fraction of sp³-hybridized carbons (Fsp3) is 0.556. The average Bonchev–Trinajstić information content (AvgIpc) is 2.92. The maximum Gasteiger partial charge on any atom is 0.303 e. The number of aliphatic hydroxyl groups excluding tert-OH is 1. The Hall–Kier alpha value is -4.84. The molecule has 0 aliphatic carbocycles. The van der Waals surface area contributed by atoms with E-state index in [4.69, 9.17) is 33.2 Å². The van der Waals surface area contributed by atoms with E-state index < -0.39 is 96.2 Å². The Bertz CT molecular complexity index is 1270. The second kappa shape index (κ2) is 15.8. The second-order valence-corrected chi connectivity index (χ2v) is 9.76. The minimum atomic E-state index is -2.54. The first-order valence-electron chi connectivity index (χ1n) is 13.3. The van der Waals surface area contributed by atoms with Gasteiger partial charge in [-0.1, -0.05) is 0 Å². The first-order chi connectivity index (χ1) is 21.0. The number of nitrogens with one attached hydrogen (secondary N) is 1. The van der Waals surface area contributed by atoms with E-state index in [2.05, 4.69) is 5.32 Å². The number of nitrogens with zero attached hydrogens (tertiary/aromatic N) is 1. The van der Waals surface area contributed by atoms with E-state index in [1.165, 1.54) is 0 Å². The molecule has 0 bridgehead atoms. The van der Waals surface area contributed by atoms with Crippen LogP contribution in [0.1, 0.15) is 41.5 Å². The van der Waals surface area contributed by atoms with Crippen molar-refractivity contribution in [1.82, 2.24) is 5.32 Å². The van der Waals surface area contributed by atoms with E-state index >= 15 is 0 Å². The molecule has 0 saturated carbocycles. The fourth-order valence-electron chi connectivity index (χ4n) is 4.56. The smallest absolute Gasteiger partial charge is 0.303 e. The third-order valence-corrected chi connectivity index (χ3v) is 6.06. The van der Waals surface area contributed by atoms with Gasteiger partial charge in [0.1, 0.15) is 25.1 Å². The molecule has 0 unspecified atom stereocenters. The van der Waals surface area contributed by atoms with Gasteiger partial charge in [0.25, 0.3) is 11.5 Å². The van der Waals surface area contributed by atoms with Crippen molar-refractivity contribution >= 4 is 41.4 Å². The quantitative estimate of drug-likeness (QED) is 0.123. The van der Waals surface area contributed by atoms with Gasteiger partial charge in [-0.25, -0.2) is 0 Å². The van der Waals surface area contributed by atoms with Gasteiger partial charge in [-0.2, -0.15) is 0 Å². The molecule has 2 N–H and O–H groups in total. The third-order valence-electron chi connectivity index (χ3n) is 6.06. The van der Waals surface area contributed by atoms with Gasteiger partial charge in [0.05, 0.1) is 11.0 Å². The number of rotatable bonds is 13. The number of benzene rings is 1. The van der Waals surface area contributed by atoms with Crippen molar-refractivity contribution in [3.05, 3.63) is 34.4 Å². The number of aliphatic hydroxyl groups is 1. The largest absolute Gasteiger partial charge is 0.462 e. The highest BCUT2D eigenvalue weighted by Crippen LogP contribution is 2.39. The van der Waals surface area contributed by atoms with Crippen LogP contribution in [0.2, 0.25) is 0 Å². The molecule has 1 aromatic rings. The van der Waals surface area contributed by atoms with E-state index in [0.29, 0.717) is 0 Å². The monoisotopic (exact) mass is 642 g/mol. The number of esters is 5. The Morgan fingerprint density at radius 1 is 0.911 bits per heavy atom. The summed E-state index contributed by atoms with van der Waals surface area (Å²) in [7, 11) is 0. The maximum atomic E-state index is 12.4. The number of non-ortho nitro benzene ring substituents is 1. The zero-order valence-corrected chi connectivity index (χ0v) is 25.2. The highest BCUT2D eigenvalue weighted by Gasteiger charge is 2.63. The minimum absolute atomic E-state index is 0.175. The first-order valence-corrected chi connectivity index (χ1v) is 13.3. The van der Waals surface area contributed by atoms with Crippen LogP contribution in [-0.2, 0) is 57.2 Å². The first kappa shape index (κ1) is 36.4. The Labute approximate surface area is 256 Å². The van der Waals surface area contributed by atoms with Crippen LogP contribution in [0, 0.1) is 10.1 Å². The molecule has 7 atom stereocenters. The van der Waals surface area contributed by atoms with Crippen molar-refractivity contribution in [2.45, 2.75) is 83.9 Å². The van der Waals surface area contributed by atoms with Gasteiger partial charge in [-0.05, 0) is 12.1 Å². The number of hydrogen-bond acceptors (Lipinski definition) is 16. The van der Waals surface area contributed by atoms with Gasteiger partial charge in [0.15, 0.2) is 18.3 Å². The van der Waals surface area contributed by atoms with Crippen LogP contribution in [-0.4, -0.2) is 101 Å². The van der Waals surface area contributed by atoms with Crippen LogP contribution in [0.25, 0.3) is 0 Å². The Kier molecular flexibility index (Phi) is 12.7. The molecule has 45 heavy (non-hydrogen) atoms. The molecule has 0 aromatic heterocycles. The Morgan fingerprint density at radius 2 is 1.49 bits per heavy atom. The third kappa shape index (κ3) is 10.1. The van der Waals surface area contributed by atoms with Gasteiger partial charge in [-0.3, -0.25) is 38.9 Å². The van der Waals surface area contributed by atoms with Crippen molar-refractivity contribution in [3.8, 4) is 5.75 Å². The van der Waals surface area contributed by atoms with Crippen molar-refractivity contribution in [2.75, 3.05) is 13.2 Å². The van der Waals surface area contributed by atoms with Crippen molar-refractivity contribution < 1.29 is 72.0 Å². The zero-order chi connectivity index (χ0) is 34.1. The molecule has 1 amide bonds.